The number of carbonyl (C=O) groups excluding carboxylic acids is 1. The van der Waals surface area contributed by atoms with Gasteiger partial charge in [0.25, 0.3) is 0 Å². The van der Waals surface area contributed by atoms with Crippen LogP contribution >= 0.6 is 0 Å². The lowest BCUT2D eigenvalue weighted by molar-refractivity contribution is -0.120. The summed E-state index contributed by atoms with van der Waals surface area (Å²) in [4.78, 5) is 20.7. The fourth-order valence-corrected chi connectivity index (χ4v) is 3.34. The summed E-state index contributed by atoms with van der Waals surface area (Å²) in [5, 5.41) is 9.57. The number of hydrogen-bond acceptors (Lipinski definition) is 5. The molecular weight excluding hydrogens is 356 g/mol. The van der Waals surface area contributed by atoms with E-state index < -0.39 is 0 Å². The van der Waals surface area contributed by atoms with Crippen molar-refractivity contribution in [1.29, 1.82) is 0 Å². The molecule has 0 aliphatic carbocycles. The number of anilines is 1. The molecule has 8 heteroatoms. The van der Waals surface area contributed by atoms with E-state index in [9.17, 15) is 4.79 Å². The zero-order chi connectivity index (χ0) is 19.6. The lowest BCUT2D eigenvalue weighted by Gasteiger charge is -2.28. The van der Waals surface area contributed by atoms with Crippen LogP contribution in [-0.4, -0.2) is 82.3 Å². The molecule has 2 aliphatic heterocycles. The summed E-state index contributed by atoms with van der Waals surface area (Å²) in [6.07, 6.45) is 0. The van der Waals surface area contributed by atoms with Crippen LogP contribution in [0.5, 0.6) is 0 Å². The largest absolute Gasteiger partial charge is 0.379 e. The molecule has 0 saturated carbocycles. The van der Waals surface area contributed by atoms with Gasteiger partial charge in [-0.15, -0.1) is 0 Å². The number of amides is 1. The highest BCUT2D eigenvalue weighted by molar-refractivity contribution is 5.82. The molecule has 0 radical (unpaired) electrons. The molecule has 2 aliphatic rings. The molecule has 1 amide bonds. The quantitative estimate of drug-likeness (QED) is 0.451. The number of guanidine groups is 1. The minimum atomic E-state index is 0.0818. The van der Waals surface area contributed by atoms with Crippen molar-refractivity contribution in [2.45, 2.75) is 13.5 Å². The number of carbonyl (C=O) groups is 1. The first-order valence-corrected chi connectivity index (χ1v) is 10.2. The molecule has 0 atom stereocenters. The van der Waals surface area contributed by atoms with E-state index in [0.29, 0.717) is 19.6 Å². The molecule has 3 rings (SSSR count). The zero-order valence-electron chi connectivity index (χ0n) is 16.7. The van der Waals surface area contributed by atoms with E-state index in [1.165, 1.54) is 0 Å². The minimum absolute atomic E-state index is 0.0818. The van der Waals surface area contributed by atoms with Gasteiger partial charge in [-0.2, -0.15) is 0 Å². The highest BCUT2D eigenvalue weighted by Crippen LogP contribution is 2.16. The van der Waals surface area contributed by atoms with E-state index in [1.54, 1.807) is 0 Å². The molecule has 2 heterocycles. The molecule has 0 bridgehead atoms. The molecule has 0 unspecified atom stereocenters. The van der Waals surface area contributed by atoms with Crippen molar-refractivity contribution < 1.29 is 9.53 Å². The SMILES string of the molecule is CCNC(=NCc1ccc(N2CCNC(=O)C2)cc1)NCCN1CCOCC1. The summed E-state index contributed by atoms with van der Waals surface area (Å²) in [7, 11) is 0. The first-order valence-electron chi connectivity index (χ1n) is 10.2. The van der Waals surface area contributed by atoms with E-state index in [-0.39, 0.29) is 5.91 Å². The van der Waals surface area contributed by atoms with Crippen LogP contribution in [0.3, 0.4) is 0 Å². The predicted octanol–water partition coefficient (Wildman–Crippen LogP) is 0.0101. The third kappa shape index (κ3) is 6.38. The summed E-state index contributed by atoms with van der Waals surface area (Å²) in [6, 6.07) is 8.32. The monoisotopic (exact) mass is 388 g/mol. The Morgan fingerprint density at radius 2 is 1.96 bits per heavy atom. The van der Waals surface area contributed by atoms with Crippen LogP contribution in [-0.2, 0) is 16.1 Å². The average molecular weight is 389 g/mol. The van der Waals surface area contributed by atoms with Gasteiger partial charge in [-0.05, 0) is 24.6 Å². The third-order valence-electron chi connectivity index (χ3n) is 4.93. The maximum absolute atomic E-state index is 11.5. The summed E-state index contributed by atoms with van der Waals surface area (Å²) >= 11 is 0. The van der Waals surface area contributed by atoms with Gasteiger partial charge in [0.15, 0.2) is 5.96 Å². The number of nitrogens with one attached hydrogen (secondary N) is 3. The van der Waals surface area contributed by atoms with Gasteiger partial charge in [-0.1, -0.05) is 12.1 Å². The lowest BCUT2D eigenvalue weighted by Crippen LogP contribution is -2.47. The number of ether oxygens (including phenoxy) is 1. The van der Waals surface area contributed by atoms with E-state index in [2.05, 4.69) is 56.9 Å². The molecule has 1 aromatic carbocycles. The van der Waals surface area contributed by atoms with Crippen LogP contribution in [0.1, 0.15) is 12.5 Å². The molecule has 2 fully saturated rings. The topological polar surface area (TPSA) is 81.2 Å². The Morgan fingerprint density at radius 1 is 1.18 bits per heavy atom. The molecule has 2 saturated heterocycles. The van der Waals surface area contributed by atoms with Gasteiger partial charge in [-0.3, -0.25) is 9.69 Å². The Kier molecular flexibility index (Phi) is 7.93. The highest BCUT2D eigenvalue weighted by Gasteiger charge is 2.16. The van der Waals surface area contributed by atoms with E-state index in [0.717, 1.165) is 69.7 Å². The summed E-state index contributed by atoms with van der Waals surface area (Å²) in [5.74, 6) is 0.922. The Morgan fingerprint density at radius 3 is 2.68 bits per heavy atom. The molecule has 0 aromatic heterocycles. The molecule has 3 N–H and O–H groups in total. The number of morpholine rings is 1. The second-order valence-corrected chi connectivity index (χ2v) is 7.01. The normalized spacial score (nSPS) is 18.7. The van der Waals surface area contributed by atoms with Gasteiger partial charge in [0.05, 0.1) is 26.3 Å². The smallest absolute Gasteiger partial charge is 0.239 e. The van der Waals surface area contributed by atoms with Crippen molar-refractivity contribution in [3.05, 3.63) is 29.8 Å². The summed E-state index contributed by atoms with van der Waals surface area (Å²) in [6.45, 7) is 11.0. The van der Waals surface area contributed by atoms with Crippen molar-refractivity contribution >= 4 is 17.6 Å². The number of nitrogens with zero attached hydrogens (tertiary/aromatic N) is 3. The lowest BCUT2D eigenvalue weighted by atomic mass is 10.2. The maximum atomic E-state index is 11.5. The number of benzene rings is 1. The molecule has 154 valence electrons. The van der Waals surface area contributed by atoms with Gasteiger partial charge >= 0.3 is 0 Å². The van der Waals surface area contributed by atoms with Crippen molar-refractivity contribution in [2.75, 3.05) is 70.5 Å². The number of rotatable bonds is 7. The van der Waals surface area contributed by atoms with Gasteiger partial charge in [0.1, 0.15) is 0 Å². The molecular formula is C20H32N6O2. The second kappa shape index (κ2) is 10.9. The Bertz CT molecular complexity index is 643. The van der Waals surface area contributed by atoms with Crippen LogP contribution in [0.2, 0.25) is 0 Å². The van der Waals surface area contributed by atoms with Crippen LogP contribution in [0.15, 0.2) is 29.3 Å². The van der Waals surface area contributed by atoms with Crippen LogP contribution in [0, 0.1) is 0 Å². The third-order valence-corrected chi connectivity index (χ3v) is 4.93. The summed E-state index contributed by atoms with van der Waals surface area (Å²) < 4.78 is 5.38. The van der Waals surface area contributed by atoms with Gasteiger partial charge in [0.2, 0.25) is 5.91 Å². The van der Waals surface area contributed by atoms with Crippen molar-refractivity contribution in [3.8, 4) is 0 Å². The van der Waals surface area contributed by atoms with Crippen LogP contribution in [0.4, 0.5) is 5.69 Å². The van der Waals surface area contributed by atoms with E-state index in [1.807, 2.05) is 0 Å². The average Bonchev–Trinajstić information content (AvgIpc) is 2.73. The zero-order valence-corrected chi connectivity index (χ0v) is 16.7. The van der Waals surface area contributed by atoms with Crippen molar-refractivity contribution in [2.24, 2.45) is 4.99 Å². The maximum Gasteiger partial charge on any atom is 0.239 e. The highest BCUT2D eigenvalue weighted by atomic mass is 16.5. The molecule has 1 aromatic rings. The minimum Gasteiger partial charge on any atom is -0.379 e. The number of piperazine rings is 1. The van der Waals surface area contributed by atoms with E-state index >= 15 is 0 Å². The van der Waals surface area contributed by atoms with Crippen molar-refractivity contribution in [1.82, 2.24) is 20.9 Å². The fourth-order valence-electron chi connectivity index (χ4n) is 3.34. The number of aliphatic imine (C=N–C) groups is 1. The van der Waals surface area contributed by atoms with Gasteiger partial charge in [0, 0.05) is 51.5 Å². The second-order valence-electron chi connectivity index (χ2n) is 7.01. The van der Waals surface area contributed by atoms with Gasteiger partial charge in [-0.25, -0.2) is 4.99 Å². The predicted molar refractivity (Wildman–Crippen MR) is 112 cm³/mol. The van der Waals surface area contributed by atoms with E-state index in [4.69, 9.17) is 9.73 Å². The number of hydrogen-bond donors (Lipinski definition) is 3. The molecule has 28 heavy (non-hydrogen) atoms. The summed E-state index contributed by atoms with van der Waals surface area (Å²) in [5.41, 5.74) is 2.23. The first-order chi connectivity index (χ1) is 13.7. The Balaban J connectivity index is 1.48. The Hall–Kier alpha value is -2.32. The molecule has 8 nitrogen and oxygen atoms in total. The fraction of sp³-hybridized carbons (Fsp3) is 0.600. The first kappa shape index (κ1) is 20.4. The van der Waals surface area contributed by atoms with Gasteiger partial charge < -0.3 is 25.6 Å². The Labute approximate surface area is 167 Å². The van der Waals surface area contributed by atoms with Crippen LogP contribution < -0.4 is 20.9 Å². The standard InChI is InChI=1S/C20H32N6O2/c1-2-21-20(23-7-9-25-11-13-28-14-12-25)24-15-17-3-5-18(6-4-17)26-10-8-22-19(27)16-26/h3-6H,2,7-16H2,1H3,(H,22,27)(H2,21,23,24). The van der Waals surface area contributed by atoms with Crippen LogP contribution in [0.25, 0.3) is 0 Å². The van der Waals surface area contributed by atoms with Crippen molar-refractivity contribution in [3.63, 3.8) is 0 Å². The molecule has 0 spiro atoms.